The monoisotopic (exact) mass is 290 g/mol. The lowest BCUT2D eigenvalue weighted by atomic mass is 9.51. The number of nitrogens with zero attached hydrogens (tertiary/aromatic N) is 2. The van der Waals surface area contributed by atoms with E-state index in [2.05, 4.69) is 38.7 Å². The van der Waals surface area contributed by atoms with E-state index in [-0.39, 0.29) is 17.4 Å². The fourth-order valence-corrected chi connectivity index (χ4v) is 5.60. The van der Waals surface area contributed by atoms with Crippen LogP contribution < -0.4 is 0 Å². The molecule has 3 nitrogen and oxygen atoms in total. The molecule has 0 aliphatic heterocycles. The van der Waals surface area contributed by atoms with E-state index in [0.29, 0.717) is 6.42 Å². The first kappa shape index (κ1) is 15.5. The molecular weight excluding hydrogens is 264 g/mol. The smallest absolute Gasteiger partial charge is 0.184 e. The summed E-state index contributed by atoms with van der Waals surface area (Å²) in [5.74, 6) is 0.222. The molecule has 2 rings (SSSR count). The van der Waals surface area contributed by atoms with Gasteiger partial charge >= 0.3 is 0 Å². The van der Waals surface area contributed by atoms with Crippen LogP contribution in [0.2, 0.25) is 19.6 Å². The number of hydrogen-bond acceptors (Lipinski definition) is 3. The Morgan fingerprint density at radius 2 is 1.75 bits per heavy atom. The molecule has 2 saturated carbocycles. The maximum atomic E-state index is 9.69. The van der Waals surface area contributed by atoms with Crippen molar-refractivity contribution in [1.82, 2.24) is 0 Å². The van der Waals surface area contributed by atoms with Crippen LogP contribution in [0.4, 0.5) is 0 Å². The Balaban J connectivity index is 2.32. The van der Waals surface area contributed by atoms with Gasteiger partial charge in [0.15, 0.2) is 8.32 Å². The van der Waals surface area contributed by atoms with Crippen molar-refractivity contribution in [2.24, 2.45) is 16.7 Å². The number of nitriles is 2. The standard InChI is InChI=1S/C16H26N2OSi/c1-15-8-6-5-7-14(15)16(11-17,12-18)10-13(9-15)19-20(2,3)4/h13-14H,5-10H2,1-4H3/t13-,14-,15+/m0/s1. The molecule has 0 spiro atoms. The van der Waals surface area contributed by atoms with Gasteiger partial charge in [-0.25, -0.2) is 0 Å². The van der Waals surface area contributed by atoms with Gasteiger partial charge in [-0.2, -0.15) is 10.5 Å². The molecule has 3 atom stereocenters. The molecule has 0 aromatic carbocycles. The second kappa shape index (κ2) is 5.17. The quantitative estimate of drug-likeness (QED) is 0.715. The van der Waals surface area contributed by atoms with Gasteiger partial charge in [0.1, 0.15) is 5.41 Å². The average molecular weight is 290 g/mol. The molecule has 0 radical (unpaired) electrons. The highest BCUT2D eigenvalue weighted by atomic mass is 28.4. The van der Waals surface area contributed by atoms with Gasteiger partial charge in [-0.1, -0.05) is 19.8 Å². The molecule has 0 aromatic rings. The topological polar surface area (TPSA) is 56.8 Å². The molecule has 0 heterocycles. The van der Waals surface area contributed by atoms with E-state index >= 15 is 0 Å². The maximum Gasteiger partial charge on any atom is 0.184 e. The van der Waals surface area contributed by atoms with Crippen molar-refractivity contribution in [2.75, 3.05) is 0 Å². The van der Waals surface area contributed by atoms with Crippen LogP contribution in [0.15, 0.2) is 0 Å². The van der Waals surface area contributed by atoms with Crippen LogP contribution in [0.5, 0.6) is 0 Å². The molecule has 0 N–H and O–H groups in total. The Morgan fingerprint density at radius 3 is 2.30 bits per heavy atom. The zero-order valence-electron chi connectivity index (χ0n) is 13.2. The van der Waals surface area contributed by atoms with Gasteiger partial charge in [0.05, 0.1) is 12.1 Å². The van der Waals surface area contributed by atoms with Crippen LogP contribution in [-0.4, -0.2) is 14.4 Å². The van der Waals surface area contributed by atoms with E-state index in [4.69, 9.17) is 4.43 Å². The predicted molar refractivity (Wildman–Crippen MR) is 81.2 cm³/mol. The minimum atomic E-state index is -1.64. The molecule has 0 unspecified atom stereocenters. The highest BCUT2D eigenvalue weighted by Crippen LogP contribution is 2.58. The largest absolute Gasteiger partial charge is 0.415 e. The molecule has 20 heavy (non-hydrogen) atoms. The number of hydrogen-bond donors (Lipinski definition) is 0. The van der Waals surface area contributed by atoms with Gasteiger partial charge in [0.25, 0.3) is 0 Å². The van der Waals surface area contributed by atoms with Crippen LogP contribution in [0.1, 0.15) is 45.4 Å². The zero-order valence-corrected chi connectivity index (χ0v) is 14.2. The van der Waals surface area contributed by atoms with Gasteiger partial charge in [0, 0.05) is 12.5 Å². The van der Waals surface area contributed by atoms with Gasteiger partial charge in [-0.3, -0.25) is 0 Å². The van der Waals surface area contributed by atoms with E-state index in [9.17, 15) is 10.5 Å². The van der Waals surface area contributed by atoms with Crippen LogP contribution in [0.25, 0.3) is 0 Å². The fraction of sp³-hybridized carbons (Fsp3) is 0.875. The zero-order chi connectivity index (χ0) is 15.0. The lowest BCUT2D eigenvalue weighted by molar-refractivity contribution is -0.0529. The van der Waals surface area contributed by atoms with Crippen molar-refractivity contribution in [3.05, 3.63) is 0 Å². The summed E-state index contributed by atoms with van der Waals surface area (Å²) in [4.78, 5) is 0. The first-order valence-electron chi connectivity index (χ1n) is 7.75. The van der Waals surface area contributed by atoms with Crippen molar-refractivity contribution in [1.29, 1.82) is 10.5 Å². The van der Waals surface area contributed by atoms with E-state index < -0.39 is 13.7 Å². The van der Waals surface area contributed by atoms with Crippen molar-refractivity contribution < 1.29 is 4.43 Å². The Hall–Kier alpha value is -0.843. The highest BCUT2D eigenvalue weighted by molar-refractivity contribution is 6.69. The SMILES string of the molecule is C[C@]12CCCC[C@@H]1C(C#N)(C#N)C[C@@H](O[Si](C)(C)C)C2. The van der Waals surface area contributed by atoms with Crippen LogP contribution in [0, 0.1) is 39.4 Å². The molecule has 2 fully saturated rings. The molecule has 2 aliphatic rings. The third-order valence-corrected chi connectivity index (χ3v) is 6.13. The van der Waals surface area contributed by atoms with Crippen LogP contribution in [0.3, 0.4) is 0 Å². The molecule has 0 aromatic heterocycles. The van der Waals surface area contributed by atoms with Crippen LogP contribution >= 0.6 is 0 Å². The Labute approximate surface area is 124 Å². The maximum absolute atomic E-state index is 9.69. The number of fused-ring (bicyclic) bond motifs is 1. The Kier molecular flexibility index (Phi) is 4.02. The summed E-state index contributed by atoms with van der Waals surface area (Å²) in [6, 6.07) is 4.76. The average Bonchev–Trinajstić information content (AvgIpc) is 2.34. The lowest BCUT2D eigenvalue weighted by Crippen LogP contribution is -2.52. The molecule has 0 bridgehead atoms. The summed E-state index contributed by atoms with van der Waals surface area (Å²) in [6.07, 6.45) is 6.24. The van der Waals surface area contributed by atoms with Crippen molar-refractivity contribution in [3.63, 3.8) is 0 Å². The van der Waals surface area contributed by atoms with E-state index in [1.54, 1.807) is 0 Å². The van der Waals surface area contributed by atoms with Crippen molar-refractivity contribution >= 4 is 8.32 Å². The minimum absolute atomic E-state index is 0.0836. The van der Waals surface area contributed by atoms with E-state index in [1.807, 2.05) is 0 Å². The summed E-state index contributed by atoms with van der Waals surface area (Å²) < 4.78 is 6.29. The second-order valence-corrected chi connectivity index (χ2v) is 12.4. The Morgan fingerprint density at radius 1 is 1.10 bits per heavy atom. The molecule has 110 valence electrons. The number of rotatable bonds is 2. The van der Waals surface area contributed by atoms with Gasteiger partial charge < -0.3 is 4.43 Å². The summed E-state index contributed by atoms with van der Waals surface area (Å²) in [5.41, 5.74) is -0.732. The van der Waals surface area contributed by atoms with Gasteiger partial charge in [-0.15, -0.1) is 0 Å². The minimum Gasteiger partial charge on any atom is -0.415 e. The van der Waals surface area contributed by atoms with E-state index in [0.717, 1.165) is 25.7 Å². The molecule has 2 aliphatic carbocycles. The second-order valence-electron chi connectivity index (χ2n) is 7.91. The third-order valence-electron chi connectivity index (χ3n) is 5.09. The van der Waals surface area contributed by atoms with Gasteiger partial charge in [0.2, 0.25) is 0 Å². The van der Waals surface area contributed by atoms with Gasteiger partial charge in [-0.05, 0) is 50.2 Å². The third kappa shape index (κ3) is 2.78. The first-order valence-corrected chi connectivity index (χ1v) is 11.2. The summed E-state index contributed by atoms with van der Waals surface area (Å²) in [6.45, 7) is 8.83. The van der Waals surface area contributed by atoms with Crippen LogP contribution in [-0.2, 0) is 4.43 Å². The molecular formula is C16H26N2OSi. The Bertz CT molecular complexity index is 443. The van der Waals surface area contributed by atoms with Crippen molar-refractivity contribution in [2.45, 2.75) is 71.2 Å². The normalized spacial score (nSPS) is 36.5. The van der Waals surface area contributed by atoms with E-state index in [1.165, 1.54) is 6.42 Å². The lowest BCUT2D eigenvalue weighted by Gasteiger charge is -2.53. The summed E-state index contributed by atoms with van der Waals surface area (Å²) in [7, 11) is -1.64. The predicted octanol–water partition coefficient (Wildman–Crippen LogP) is 4.23. The molecule has 4 heteroatoms. The highest BCUT2D eigenvalue weighted by Gasteiger charge is 2.56. The first-order chi connectivity index (χ1) is 9.25. The summed E-state index contributed by atoms with van der Waals surface area (Å²) in [5, 5.41) is 19.4. The molecule has 0 saturated heterocycles. The van der Waals surface area contributed by atoms with Crippen molar-refractivity contribution in [3.8, 4) is 12.1 Å². The fourth-order valence-electron chi connectivity index (χ4n) is 4.43. The molecule has 0 amide bonds. The summed E-state index contributed by atoms with van der Waals surface area (Å²) >= 11 is 0.